The maximum absolute atomic E-state index is 13.1. The second kappa shape index (κ2) is 8.27. The van der Waals surface area contributed by atoms with E-state index in [0.29, 0.717) is 31.7 Å². The van der Waals surface area contributed by atoms with Crippen molar-refractivity contribution in [1.82, 2.24) is 4.90 Å². The third-order valence-electron chi connectivity index (χ3n) is 3.45. The number of likely N-dealkylation sites (N-methyl/N-ethyl adjacent to an activating group) is 1. The number of carbonyl (C=O) groups is 1. The third-order valence-corrected chi connectivity index (χ3v) is 3.45. The van der Waals surface area contributed by atoms with Gasteiger partial charge in [0.2, 0.25) is 5.91 Å². The van der Waals surface area contributed by atoms with Crippen molar-refractivity contribution in [3.05, 3.63) is 65.7 Å². The number of benzene rings is 2. The van der Waals surface area contributed by atoms with Crippen molar-refractivity contribution in [3.8, 4) is 5.75 Å². The molecule has 0 aliphatic carbocycles. The number of amides is 1. The van der Waals surface area contributed by atoms with Crippen LogP contribution in [-0.4, -0.2) is 31.0 Å². The lowest BCUT2D eigenvalue weighted by Crippen LogP contribution is -2.31. The fourth-order valence-corrected chi connectivity index (χ4v) is 2.09. The molecule has 5 heteroatoms. The molecule has 0 aliphatic heterocycles. The van der Waals surface area contributed by atoms with Crippen LogP contribution < -0.4 is 4.74 Å². The number of rotatable bonds is 7. The lowest BCUT2D eigenvalue weighted by molar-refractivity contribution is -0.130. The van der Waals surface area contributed by atoms with Crippen molar-refractivity contribution >= 4 is 5.91 Å². The van der Waals surface area contributed by atoms with Gasteiger partial charge in [0.05, 0.1) is 6.54 Å². The molecule has 122 valence electrons. The van der Waals surface area contributed by atoms with Crippen LogP contribution in [0.3, 0.4) is 0 Å². The zero-order valence-corrected chi connectivity index (χ0v) is 13.0. The summed E-state index contributed by atoms with van der Waals surface area (Å²) >= 11 is 0. The molecule has 2 aromatic carbocycles. The normalized spacial score (nSPS) is 10.4. The summed E-state index contributed by atoms with van der Waals surface area (Å²) in [6, 6.07) is 12.0. The summed E-state index contributed by atoms with van der Waals surface area (Å²) in [6.07, 6.45) is 0.816. The van der Waals surface area contributed by atoms with Gasteiger partial charge in [0.15, 0.2) is 0 Å². The summed E-state index contributed by atoms with van der Waals surface area (Å²) in [5.74, 6) is -0.0815. The molecular formula is C18H19F2NO2. The first-order valence-corrected chi connectivity index (χ1v) is 7.41. The lowest BCUT2D eigenvalue weighted by atomic mass is 10.1. The van der Waals surface area contributed by atoms with E-state index in [-0.39, 0.29) is 17.5 Å². The molecule has 0 heterocycles. The Hall–Kier alpha value is -2.43. The van der Waals surface area contributed by atoms with E-state index in [4.69, 9.17) is 4.74 Å². The Morgan fingerprint density at radius 3 is 2.52 bits per heavy atom. The predicted octanol–water partition coefficient (Wildman–Crippen LogP) is 3.43. The van der Waals surface area contributed by atoms with Crippen LogP contribution in [0.4, 0.5) is 8.78 Å². The first-order valence-electron chi connectivity index (χ1n) is 7.41. The van der Waals surface area contributed by atoms with Crippen molar-refractivity contribution in [2.75, 3.05) is 20.2 Å². The zero-order chi connectivity index (χ0) is 16.7. The highest BCUT2D eigenvalue weighted by atomic mass is 19.1. The van der Waals surface area contributed by atoms with E-state index in [1.165, 1.54) is 24.3 Å². The van der Waals surface area contributed by atoms with Gasteiger partial charge in [-0.2, -0.15) is 0 Å². The maximum Gasteiger partial charge on any atom is 0.222 e. The Bertz CT molecular complexity index is 644. The first kappa shape index (κ1) is 16.9. The van der Waals surface area contributed by atoms with Gasteiger partial charge in [-0.1, -0.05) is 12.1 Å². The molecule has 3 nitrogen and oxygen atoms in total. The van der Waals surface area contributed by atoms with E-state index in [1.54, 1.807) is 36.2 Å². The summed E-state index contributed by atoms with van der Waals surface area (Å²) < 4.78 is 31.3. The van der Waals surface area contributed by atoms with Gasteiger partial charge in [0.1, 0.15) is 24.0 Å². The number of carbonyl (C=O) groups excluding carboxylic acids is 1. The molecule has 2 rings (SSSR count). The van der Waals surface area contributed by atoms with E-state index in [2.05, 4.69) is 0 Å². The summed E-state index contributed by atoms with van der Waals surface area (Å²) in [4.78, 5) is 13.6. The molecule has 0 radical (unpaired) electrons. The molecule has 0 bridgehead atoms. The van der Waals surface area contributed by atoms with Crippen LogP contribution >= 0.6 is 0 Å². The summed E-state index contributed by atoms with van der Waals surface area (Å²) in [5.41, 5.74) is 0.800. The molecule has 0 saturated carbocycles. The van der Waals surface area contributed by atoms with E-state index in [9.17, 15) is 13.6 Å². The standard InChI is InChI=1S/C18H19F2NO2/c1-21(11-12-23-17-8-6-15(19)7-9-17)18(22)10-5-14-3-2-4-16(20)13-14/h2-4,6-9,13H,5,10-12H2,1H3. The topological polar surface area (TPSA) is 29.5 Å². The molecule has 2 aromatic rings. The number of nitrogens with zero attached hydrogens (tertiary/aromatic N) is 1. The predicted molar refractivity (Wildman–Crippen MR) is 84.3 cm³/mol. The molecule has 0 aliphatic rings. The summed E-state index contributed by atoms with van der Waals surface area (Å²) in [5, 5.41) is 0. The van der Waals surface area contributed by atoms with Gasteiger partial charge >= 0.3 is 0 Å². The van der Waals surface area contributed by atoms with Crippen LogP contribution in [0.2, 0.25) is 0 Å². The Labute approximate surface area is 134 Å². The number of ether oxygens (including phenoxy) is 1. The minimum absolute atomic E-state index is 0.0306. The first-order chi connectivity index (χ1) is 11.0. The van der Waals surface area contributed by atoms with Gasteiger partial charge in [0.25, 0.3) is 0 Å². The van der Waals surface area contributed by atoms with Crippen LogP contribution in [0.25, 0.3) is 0 Å². The van der Waals surface area contributed by atoms with E-state index < -0.39 is 0 Å². The third kappa shape index (κ3) is 5.70. The number of aryl methyl sites for hydroxylation is 1. The maximum atomic E-state index is 13.1. The fourth-order valence-electron chi connectivity index (χ4n) is 2.09. The highest BCUT2D eigenvalue weighted by Gasteiger charge is 2.09. The second-order valence-corrected chi connectivity index (χ2v) is 5.25. The number of hydrogen-bond donors (Lipinski definition) is 0. The quantitative estimate of drug-likeness (QED) is 0.782. The summed E-state index contributed by atoms with van der Waals surface area (Å²) in [7, 11) is 1.70. The molecule has 0 spiro atoms. The van der Waals surface area contributed by atoms with Crippen LogP contribution in [0.15, 0.2) is 48.5 Å². The van der Waals surface area contributed by atoms with Gasteiger partial charge in [0, 0.05) is 13.5 Å². The fraction of sp³-hybridized carbons (Fsp3) is 0.278. The minimum atomic E-state index is -0.318. The molecule has 0 saturated heterocycles. The van der Waals surface area contributed by atoms with Crippen molar-refractivity contribution in [2.45, 2.75) is 12.8 Å². The van der Waals surface area contributed by atoms with E-state index in [1.807, 2.05) is 0 Å². The number of halogens is 2. The van der Waals surface area contributed by atoms with Crippen LogP contribution in [0.5, 0.6) is 5.75 Å². The van der Waals surface area contributed by atoms with Gasteiger partial charge in [-0.25, -0.2) is 8.78 Å². The van der Waals surface area contributed by atoms with E-state index >= 15 is 0 Å². The van der Waals surface area contributed by atoms with Crippen LogP contribution in [0.1, 0.15) is 12.0 Å². The van der Waals surface area contributed by atoms with Crippen LogP contribution in [-0.2, 0) is 11.2 Å². The molecular weight excluding hydrogens is 300 g/mol. The van der Waals surface area contributed by atoms with Crippen molar-refractivity contribution in [3.63, 3.8) is 0 Å². The molecule has 1 amide bonds. The molecule has 0 unspecified atom stereocenters. The van der Waals surface area contributed by atoms with E-state index in [0.717, 1.165) is 5.56 Å². The smallest absolute Gasteiger partial charge is 0.222 e. The lowest BCUT2D eigenvalue weighted by Gasteiger charge is -2.17. The Balaban J connectivity index is 1.71. The average molecular weight is 319 g/mol. The Morgan fingerprint density at radius 1 is 1.09 bits per heavy atom. The van der Waals surface area contributed by atoms with Gasteiger partial charge in [-0.3, -0.25) is 4.79 Å². The number of hydrogen-bond acceptors (Lipinski definition) is 2. The largest absolute Gasteiger partial charge is 0.492 e. The average Bonchev–Trinajstić information content (AvgIpc) is 2.54. The second-order valence-electron chi connectivity index (χ2n) is 5.25. The Morgan fingerprint density at radius 2 is 1.83 bits per heavy atom. The van der Waals surface area contributed by atoms with Crippen molar-refractivity contribution < 1.29 is 18.3 Å². The highest BCUT2D eigenvalue weighted by Crippen LogP contribution is 2.11. The zero-order valence-electron chi connectivity index (χ0n) is 13.0. The van der Waals surface area contributed by atoms with Gasteiger partial charge in [-0.15, -0.1) is 0 Å². The SMILES string of the molecule is CN(CCOc1ccc(F)cc1)C(=O)CCc1cccc(F)c1. The molecule has 0 aromatic heterocycles. The molecule has 23 heavy (non-hydrogen) atoms. The molecule has 0 fully saturated rings. The van der Waals surface area contributed by atoms with Crippen molar-refractivity contribution in [1.29, 1.82) is 0 Å². The van der Waals surface area contributed by atoms with Gasteiger partial charge in [-0.05, 0) is 48.4 Å². The van der Waals surface area contributed by atoms with Crippen LogP contribution in [0, 0.1) is 11.6 Å². The monoisotopic (exact) mass is 319 g/mol. The molecule has 0 N–H and O–H groups in total. The molecule has 0 atom stereocenters. The Kier molecular flexibility index (Phi) is 6.09. The minimum Gasteiger partial charge on any atom is -0.492 e. The van der Waals surface area contributed by atoms with Crippen molar-refractivity contribution in [2.24, 2.45) is 0 Å². The van der Waals surface area contributed by atoms with Gasteiger partial charge < -0.3 is 9.64 Å². The summed E-state index contributed by atoms with van der Waals surface area (Å²) in [6.45, 7) is 0.757. The highest BCUT2D eigenvalue weighted by molar-refractivity contribution is 5.76.